The molecule has 0 saturated carbocycles. The molecule has 0 spiro atoms. The van der Waals surface area contributed by atoms with Gasteiger partial charge in [-0.1, -0.05) is 18.2 Å². The highest BCUT2D eigenvalue weighted by Gasteiger charge is 2.62. The van der Waals surface area contributed by atoms with Crippen molar-refractivity contribution >= 4 is 35.6 Å². The Morgan fingerprint density at radius 1 is 0.938 bits per heavy atom. The van der Waals surface area contributed by atoms with E-state index in [2.05, 4.69) is 10.6 Å². The van der Waals surface area contributed by atoms with E-state index in [1.807, 2.05) is 0 Å². The summed E-state index contributed by atoms with van der Waals surface area (Å²) in [7, 11) is 1.02. The van der Waals surface area contributed by atoms with Crippen molar-refractivity contribution in [2.45, 2.75) is 44.8 Å². The molecular formula is C20H24N2O10. The van der Waals surface area contributed by atoms with Crippen LogP contribution in [-0.4, -0.2) is 67.7 Å². The molecule has 12 nitrogen and oxygen atoms in total. The lowest BCUT2D eigenvalue weighted by Crippen LogP contribution is -2.74. The lowest BCUT2D eigenvalue weighted by Gasteiger charge is -2.46. The Labute approximate surface area is 183 Å². The van der Waals surface area contributed by atoms with Crippen molar-refractivity contribution in [2.75, 3.05) is 19.0 Å². The smallest absolute Gasteiger partial charge is 0.363 e. The number of hydrogen-bond acceptors (Lipinski definition) is 10. The summed E-state index contributed by atoms with van der Waals surface area (Å²) >= 11 is 0. The number of ether oxygens (including phenoxy) is 5. The van der Waals surface area contributed by atoms with E-state index in [4.69, 9.17) is 23.7 Å². The third-order valence-corrected chi connectivity index (χ3v) is 4.27. The molecule has 0 aliphatic carbocycles. The van der Waals surface area contributed by atoms with Gasteiger partial charge in [0.05, 0.1) is 13.7 Å². The summed E-state index contributed by atoms with van der Waals surface area (Å²) in [6.45, 7) is 2.72. The Morgan fingerprint density at radius 3 is 2.06 bits per heavy atom. The van der Waals surface area contributed by atoms with Crippen LogP contribution < -0.4 is 10.6 Å². The van der Waals surface area contributed by atoms with Crippen LogP contribution >= 0.6 is 0 Å². The summed E-state index contributed by atoms with van der Waals surface area (Å²) in [5.41, 5.74) is -2.03. The third kappa shape index (κ3) is 5.94. The quantitative estimate of drug-likeness (QED) is 0.460. The number of urea groups is 1. The van der Waals surface area contributed by atoms with Crippen LogP contribution in [0.25, 0.3) is 0 Å². The minimum atomic E-state index is -2.42. The first-order valence-corrected chi connectivity index (χ1v) is 9.47. The first-order chi connectivity index (χ1) is 15.1. The van der Waals surface area contributed by atoms with E-state index in [9.17, 15) is 24.0 Å². The number of nitrogens with one attached hydrogen (secondary N) is 2. The Balaban J connectivity index is 2.47. The minimum absolute atomic E-state index is 0.388. The van der Waals surface area contributed by atoms with Crippen LogP contribution in [-0.2, 0) is 42.9 Å². The maximum atomic E-state index is 12.8. The number of hydrogen-bond donors (Lipinski definition) is 2. The third-order valence-electron chi connectivity index (χ3n) is 4.27. The van der Waals surface area contributed by atoms with Gasteiger partial charge in [-0.25, -0.2) is 9.59 Å². The summed E-state index contributed by atoms with van der Waals surface area (Å²) in [6.07, 6.45) is -4.49. The zero-order chi connectivity index (χ0) is 23.9. The number of methoxy groups -OCH3 is 1. The van der Waals surface area contributed by atoms with E-state index in [1.165, 1.54) is 0 Å². The number of amides is 2. The molecule has 12 heteroatoms. The Kier molecular flexibility index (Phi) is 8.13. The van der Waals surface area contributed by atoms with Gasteiger partial charge in [0.2, 0.25) is 6.10 Å². The number of carbonyl (C=O) groups excluding carboxylic acids is 5. The van der Waals surface area contributed by atoms with Crippen LogP contribution in [0.2, 0.25) is 0 Å². The predicted octanol–water partition coefficient (Wildman–Crippen LogP) is 0.503. The largest absolute Gasteiger partial charge is 0.465 e. The molecule has 0 aromatic heterocycles. The van der Waals surface area contributed by atoms with Crippen molar-refractivity contribution in [1.82, 2.24) is 5.32 Å². The van der Waals surface area contributed by atoms with Gasteiger partial charge in [0, 0.05) is 26.5 Å². The lowest BCUT2D eigenvalue weighted by molar-refractivity contribution is -0.262. The monoisotopic (exact) mass is 452 g/mol. The summed E-state index contributed by atoms with van der Waals surface area (Å²) in [6, 6.07) is 7.35. The van der Waals surface area contributed by atoms with Crippen molar-refractivity contribution in [3.05, 3.63) is 30.3 Å². The van der Waals surface area contributed by atoms with Gasteiger partial charge in [0.1, 0.15) is 0 Å². The molecule has 1 aliphatic rings. The molecule has 4 atom stereocenters. The average molecular weight is 452 g/mol. The van der Waals surface area contributed by atoms with Gasteiger partial charge < -0.3 is 29.0 Å². The van der Waals surface area contributed by atoms with E-state index in [0.29, 0.717) is 5.69 Å². The van der Waals surface area contributed by atoms with Crippen molar-refractivity contribution in [3.8, 4) is 0 Å². The molecule has 1 saturated heterocycles. The van der Waals surface area contributed by atoms with E-state index >= 15 is 0 Å². The molecule has 1 aliphatic heterocycles. The Morgan fingerprint density at radius 2 is 1.53 bits per heavy atom. The molecule has 0 bridgehead atoms. The highest BCUT2D eigenvalue weighted by Crippen LogP contribution is 2.32. The van der Waals surface area contributed by atoms with Crippen LogP contribution in [0.1, 0.15) is 20.8 Å². The van der Waals surface area contributed by atoms with E-state index in [1.54, 1.807) is 30.3 Å². The minimum Gasteiger partial charge on any atom is -0.465 e. The van der Waals surface area contributed by atoms with Crippen LogP contribution in [0.4, 0.5) is 10.5 Å². The number of esters is 4. The van der Waals surface area contributed by atoms with Crippen LogP contribution in [0.15, 0.2) is 30.3 Å². The summed E-state index contributed by atoms with van der Waals surface area (Å²) in [5.74, 6) is -3.60. The molecule has 0 unspecified atom stereocenters. The van der Waals surface area contributed by atoms with Gasteiger partial charge in [0.15, 0.2) is 12.2 Å². The maximum Gasteiger partial charge on any atom is 0.363 e. The molecule has 2 amide bonds. The average Bonchev–Trinajstić information content (AvgIpc) is 2.71. The molecule has 1 fully saturated rings. The second-order valence-corrected chi connectivity index (χ2v) is 6.74. The molecule has 1 aromatic rings. The highest BCUT2D eigenvalue weighted by atomic mass is 16.7. The van der Waals surface area contributed by atoms with Crippen molar-refractivity contribution in [1.29, 1.82) is 0 Å². The highest BCUT2D eigenvalue weighted by molar-refractivity contribution is 5.94. The number of rotatable bonds is 6. The predicted molar refractivity (Wildman–Crippen MR) is 106 cm³/mol. The topological polar surface area (TPSA) is 156 Å². The molecule has 1 aromatic carbocycles. The first-order valence-electron chi connectivity index (χ1n) is 9.47. The Hall–Kier alpha value is -3.67. The molecule has 2 N–H and O–H groups in total. The number of benzene rings is 1. The normalized spacial score (nSPS) is 24.4. The zero-order valence-corrected chi connectivity index (χ0v) is 17.9. The standard InChI is InChI=1S/C20H24N2O10/c1-11(23)30-15-10-29-20(18(26)28-4,17(32-13(3)25)16(15)31-12(2)24)22-19(27)21-14-8-6-5-7-9-14/h5-9,15-17H,10H2,1-4H3,(H2,21,22,27)/t15-,16+,17+,20-/m0/s1. The summed E-state index contributed by atoms with van der Waals surface area (Å²) < 4.78 is 25.9. The molecule has 32 heavy (non-hydrogen) atoms. The van der Waals surface area contributed by atoms with Crippen LogP contribution in [0.3, 0.4) is 0 Å². The van der Waals surface area contributed by atoms with Gasteiger partial charge >= 0.3 is 29.9 Å². The molecule has 2 rings (SSSR count). The van der Waals surface area contributed by atoms with Crippen LogP contribution in [0, 0.1) is 0 Å². The van der Waals surface area contributed by atoms with Gasteiger partial charge in [-0.15, -0.1) is 0 Å². The maximum absolute atomic E-state index is 12.8. The van der Waals surface area contributed by atoms with E-state index in [0.717, 1.165) is 27.9 Å². The summed E-state index contributed by atoms with van der Waals surface area (Å²) in [4.78, 5) is 60.6. The summed E-state index contributed by atoms with van der Waals surface area (Å²) in [5, 5.41) is 4.80. The zero-order valence-electron chi connectivity index (χ0n) is 17.9. The molecule has 0 radical (unpaired) electrons. The second-order valence-electron chi connectivity index (χ2n) is 6.74. The molecular weight excluding hydrogens is 428 g/mol. The number of carbonyl (C=O) groups is 5. The molecule has 174 valence electrons. The van der Waals surface area contributed by atoms with E-state index in [-0.39, 0.29) is 0 Å². The fourth-order valence-electron chi connectivity index (χ4n) is 3.13. The van der Waals surface area contributed by atoms with Gasteiger partial charge in [0.25, 0.3) is 5.72 Å². The van der Waals surface area contributed by atoms with Gasteiger partial charge in [-0.2, -0.15) is 0 Å². The first kappa shape index (κ1) is 24.6. The fraction of sp³-hybridized carbons (Fsp3) is 0.450. The Bertz CT molecular complexity index is 874. The van der Waals surface area contributed by atoms with Gasteiger partial charge in [-0.3, -0.25) is 19.7 Å². The number of para-hydroxylation sites is 1. The van der Waals surface area contributed by atoms with Crippen molar-refractivity contribution in [3.63, 3.8) is 0 Å². The fourth-order valence-corrected chi connectivity index (χ4v) is 3.13. The number of anilines is 1. The SMILES string of the molecule is COC(=O)[C@@]1(NC(=O)Nc2ccccc2)OC[C@H](OC(C)=O)[C@@H](OC(C)=O)[C@H]1OC(C)=O. The van der Waals surface area contributed by atoms with Crippen LogP contribution in [0.5, 0.6) is 0 Å². The van der Waals surface area contributed by atoms with Crippen molar-refractivity contribution in [2.24, 2.45) is 0 Å². The van der Waals surface area contributed by atoms with Crippen molar-refractivity contribution < 1.29 is 47.7 Å². The molecule has 1 heterocycles. The lowest BCUT2D eigenvalue weighted by atomic mass is 9.93. The van der Waals surface area contributed by atoms with Gasteiger partial charge in [-0.05, 0) is 12.1 Å². The van der Waals surface area contributed by atoms with E-state index < -0.39 is 60.6 Å². The second kappa shape index (κ2) is 10.6.